The predicted octanol–water partition coefficient (Wildman–Crippen LogP) is 4.17. The Morgan fingerprint density at radius 2 is 1.55 bits per heavy atom. The Morgan fingerprint density at radius 3 is 2.28 bits per heavy atom. The van der Waals surface area contributed by atoms with Gasteiger partial charge < -0.3 is 15.1 Å². The molecule has 0 spiro atoms. The first-order valence-electron chi connectivity index (χ1n) is 10.4. The smallest absolute Gasteiger partial charge is 0.256 e. The van der Waals surface area contributed by atoms with Gasteiger partial charge in [0.05, 0.1) is 5.56 Å². The van der Waals surface area contributed by atoms with E-state index in [0.717, 1.165) is 63.1 Å². The van der Waals surface area contributed by atoms with Gasteiger partial charge in [0, 0.05) is 43.6 Å². The minimum Gasteiger partial charge on any atom is -0.371 e. The highest BCUT2D eigenvalue weighted by Gasteiger charge is 2.25. The summed E-state index contributed by atoms with van der Waals surface area (Å²) in [5, 5.41) is 2.90. The largest absolute Gasteiger partial charge is 0.371 e. The second-order valence-electron chi connectivity index (χ2n) is 7.66. The Kier molecular flexibility index (Phi) is 5.94. The molecule has 0 saturated carbocycles. The van der Waals surface area contributed by atoms with Crippen LogP contribution >= 0.6 is 0 Å². The molecule has 0 atom stereocenters. The molecule has 0 bridgehead atoms. The van der Waals surface area contributed by atoms with Crippen LogP contribution in [0.1, 0.15) is 41.6 Å². The first kappa shape index (κ1) is 19.2. The SMILES string of the molecule is O=C(/C=C/c1ccccc1)Nc1ccc(N2CCCC2)c(C(=O)N2CCCC2)c1. The van der Waals surface area contributed by atoms with E-state index in [2.05, 4.69) is 10.2 Å². The van der Waals surface area contributed by atoms with Crippen molar-refractivity contribution in [3.63, 3.8) is 0 Å². The van der Waals surface area contributed by atoms with Crippen LogP contribution in [0.5, 0.6) is 0 Å². The standard InChI is InChI=1S/C24H27N3O2/c28-23(13-10-19-8-2-1-3-9-19)25-20-11-12-22(26-14-4-5-15-26)21(18-20)24(29)27-16-6-7-17-27/h1-3,8-13,18H,4-7,14-17H2,(H,25,28)/b13-10+. The molecule has 150 valence electrons. The molecule has 2 saturated heterocycles. The summed E-state index contributed by atoms with van der Waals surface area (Å²) in [4.78, 5) is 29.7. The zero-order valence-electron chi connectivity index (χ0n) is 16.6. The molecule has 5 heteroatoms. The molecule has 2 amide bonds. The van der Waals surface area contributed by atoms with E-state index in [9.17, 15) is 9.59 Å². The van der Waals surface area contributed by atoms with Crippen molar-refractivity contribution < 1.29 is 9.59 Å². The van der Waals surface area contributed by atoms with E-state index in [-0.39, 0.29) is 11.8 Å². The van der Waals surface area contributed by atoms with Gasteiger partial charge in [-0.1, -0.05) is 30.3 Å². The number of carbonyl (C=O) groups is 2. The maximum Gasteiger partial charge on any atom is 0.256 e. The Morgan fingerprint density at radius 1 is 0.862 bits per heavy atom. The van der Waals surface area contributed by atoms with Gasteiger partial charge in [0.25, 0.3) is 5.91 Å². The molecule has 0 unspecified atom stereocenters. The zero-order chi connectivity index (χ0) is 20.1. The number of carbonyl (C=O) groups excluding carboxylic acids is 2. The van der Waals surface area contributed by atoms with Gasteiger partial charge in [0.2, 0.25) is 5.91 Å². The number of amides is 2. The topological polar surface area (TPSA) is 52.7 Å². The number of nitrogens with one attached hydrogen (secondary N) is 1. The van der Waals surface area contributed by atoms with Crippen molar-refractivity contribution in [2.75, 3.05) is 36.4 Å². The Balaban J connectivity index is 1.54. The molecule has 5 nitrogen and oxygen atoms in total. The lowest BCUT2D eigenvalue weighted by atomic mass is 10.1. The summed E-state index contributed by atoms with van der Waals surface area (Å²) in [6.45, 7) is 3.58. The van der Waals surface area contributed by atoms with Gasteiger partial charge in [-0.05, 0) is 55.5 Å². The number of nitrogens with zero attached hydrogens (tertiary/aromatic N) is 2. The zero-order valence-corrected chi connectivity index (χ0v) is 16.6. The van der Waals surface area contributed by atoms with Crippen LogP contribution in [0.4, 0.5) is 11.4 Å². The highest BCUT2D eigenvalue weighted by molar-refractivity contribution is 6.05. The molecule has 4 rings (SSSR count). The van der Waals surface area contributed by atoms with Crippen LogP contribution in [0.3, 0.4) is 0 Å². The molecule has 0 aliphatic carbocycles. The molecule has 29 heavy (non-hydrogen) atoms. The number of benzene rings is 2. The summed E-state index contributed by atoms with van der Waals surface area (Å²) >= 11 is 0. The summed E-state index contributed by atoms with van der Waals surface area (Å²) in [7, 11) is 0. The first-order valence-corrected chi connectivity index (χ1v) is 10.4. The monoisotopic (exact) mass is 389 g/mol. The average Bonchev–Trinajstić information content (AvgIpc) is 3.47. The van der Waals surface area contributed by atoms with E-state index in [1.165, 1.54) is 6.08 Å². The van der Waals surface area contributed by atoms with E-state index in [1.807, 2.05) is 53.4 Å². The number of likely N-dealkylation sites (tertiary alicyclic amines) is 1. The van der Waals surface area contributed by atoms with Crippen molar-refractivity contribution in [1.82, 2.24) is 4.90 Å². The van der Waals surface area contributed by atoms with Gasteiger partial charge >= 0.3 is 0 Å². The average molecular weight is 389 g/mol. The minimum absolute atomic E-state index is 0.0697. The van der Waals surface area contributed by atoms with Crippen molar-refractivity contribution in [3.8, 4) is 0 Å². The fraction of sp³-hybridized carbons (Fsp3) is 0.333. The van der Waals surface area contributed by atoms with Crippen LogP contribution in [0.15, 0.2) is 54.6 Å². The summed E-state index contributed by atoms with van der Waals surface area (Å²) in [6, 6.07) is 15.4. The molecule has 1 N–H and O–H groups in total. The number of hydrogen-bond donors (Lipinski definition) is 1. The predicted molar refractivity (Wildman–Crippen MR) is 117 cm³/mol. The van der Waals surface area contributed by atoms with Gasteiger partial charge in [-0.3, -0.25) is 9.59 Å². The lowest BCUT2D eigenvalue weighted by molar-refractivity contribution is -0.111. The molecule has 2 aliphatic heterocycles. The van der Waals surface area contributed by atoms with Crippen LogP contribution < -0.4 is 10.2 Å². The number of rotatable bonds is 5. The van der Waals surface area contributed by atoms with E-state index in [1.54, 1.807) is 6.08 Å². The number of anilines is 2. The fourth-order valence-corrected chi connectivity index (χ4v) is 4.03. The normalized spacial score (nSPS) is 16.6. The second-order valence-corrected chi connectivity index (χ2v) is 7.66. The molecule has 0 aromatic heterocycles. The van der Waals surface area contributed by atoms with Crippen LogP contribution in [-0.4, -0.2) is 42.9 Å². The van der Waals surface area contributed by atoms with E-state index in [0.29, 0.717) is 11.3 Å². The van der Waals surface area contributed by atoms with Gasteiger partial charge in [0.15, 0.2) is 0 Å². The van der Waals surface area contributed by atoms with Gasteiger partial charge in [-0.15, -0.1) is 0 Å². The van der Waals surface area contributed by atoms with Crippen molar-refractivity contribution in [2.45, 2.75) is 25.7 Å². The molecule has 2 fully saturated rings. The maximum atomic E-state index is 13.1. The van der Waals surface area contributed by atoms with Crippen molar-refractivity contribution >= 4 is 29.3 Å². The van der Waals surface area contributed by atoms with Gasteiger partial charge in [-0.25, -0.2) is 0 Å². The Hall–Kier alpha value is -3.08. The number of hydrogen-bond acceptors (Lipinski definition) is 3. The third-order valence-electron chi connectivity index (χ3n) is 5.56. The fourth-order valence-electron chi connectivity index (χ4n) is 4.03. The van der Waals surface area contributed by atoms with Crippen LogP contribution in [0.25, 0.3) is 6.08 Å². The summed E-state index contributed by atoms with van der Waals surface area (Å²) in [5.41, 5.74) is 3.30. The Bertz CT molecular complexity index is 896. The quantitative estimate of drug-likeness (QED) is 0.781. The van der Waals surface area contributed by atoms with Crippen molar-refractivity contribution in [3.05, 3.63) is 65.7 Å². The molecule has 2 aromatic rings. The third-order valence-corrected chi connectivity index (χ3v) is 5.56. The summed E-state index contributed by atoms with van der Waals surface area (Å²) < 4.78 is 0. The summed E-state index contributed by atoms with van der Waals surface area (Å²) in [6.07, 6.45) is 7.73. The highest BCUT2D eigenvalue weighted by Crippen LogP contribution is 2.29. The van der Waals surface area contributed by atoms with Crippen LogP contribution in [-0.2, 0) is 4.79 Å². The van der Waals surface area contributed by atoms with Gasteiger partial charge in [-0.2, -0.15) is 0 Å². The molecule has 2 aliphatic rings. The third kappa shape index (κ3) is 4.67. The summed E-state index contributed by atoms with van der Waals surface area (Å²) in [5.74, 6) is -0.136. The Labute approximate surface area is 172 Å². The van der Waals surface area contributed by atoms with Gasteiger partial charge in [0.1, 0.15) is 0 Å². The van der Waals surface area contributed by atoms with Crippen LogP contribution in [0.2, 0.25) is 0 Å². The molecule has 2 heterocycles. The molecule has 2 aromatic carbocycles. The van der Waals surface area contributed by atoms with Crippen LogP contribution in [0, 0.1) is 0 Å². The molecule has 0 radical (unpaired) electrons. The highest BCUT2D eigenvalue weighted by atomic mass is 16.2. The molecular formula is C24H27N3O2. The van der Waals surface area contributed by atoms with E-state index >= 15 is 0 Å². The maximum absolute atomic E-state index is 13.1. The minimum atomic E-state index is -0.206. The van der Waals surface area contributed by atoms with E-state index < -0.39 is 0 Å². The lowest BCUT2D eigenvalue weighted by Crippen LogP contribution is -2.30. The lowest BCUT2D eigenvalue weighted by Gasteiger charge is -2.24. The first-order chi connectivity index (χ1) is 14.2. The molecular weight excluding hydrogens is 362 g/mol. The van der Waals surface area contributed by atoms with E-state index in [4.69, 9.17) is 0 Å². The second kappa shape index (κ2) is 8.95. The van der Waals surface area contributed by atoms with Crippen molar-refractivity contribution in [1.29, 1.82) is 0 Å². The van der Waals surface area contributed by atoms with Crippen molar-refractivity contribution in [2.24, 2.45) is 0 Å².